The number of nitrogens with zero attached hydrogens (tertiary/aromatic N) is 1. The summed E-state index contributed by atoms with van der Waals surface area (Å²) in [4.78, 5) is 4.98. The highest BCUT2D eigenvalue weighted by molar-refractivity contribution is 7.18. The Balaban J connectivity index is 1.87. The number of benzene rings is 2. The van der Waals surface area contributed by atoms with Crippen LogP contribution in [0.25, 0.3) is 10.4 Å². The van der Waals surface area contributed by atoms with E-state index in [4.69, 9.17) is 11.6 Å². The van der Waals surface area contributed by atoms with Gasteiger partial charge in [-0.2, -0.15) is 13.2 Å². The highest BCUT2D eigenvalue weighted by Gasteiger charge is 2.33. The number of hydrogen-bond acceptors (Lipinski definition) is 3. The van der Waals surface area contributed by atoms with Crippen molar-refractivity contribution in [3.05, 3.63) is 65.3 Å². The number of hydrogen-bond donors (Lipinski definition) is 1. The number of para-hydroxylation sites is 1. The van der Waals surface area contributed by atoms with Gasteiger partial charge >= 0.3 is 6.18 Å². The molecular formula is C16H10ClF3N2S. The van der Waals surface area contributed by atoms with Crippen LogP contribution in [-0.4, -0.2) is 4.98 Å². The lowest BCUT2D eigenvalue weighted by atomic mass is 10.2. The van der Waals surface area contributed by atoms with Gasteiger partial charge in [0.1, 0.15) is 0 Å². The van der Waals surface area contributed by atoms with Crippen molar-refractivity contribution in [3.63, 3.8) is 0 Å². The van der Waals surface area contributed by atoms with Crippen LogP contribution in [0, 0.1) is 0 Å². The van der Waals surface area contributed by atoms with E-state index in [1.165, 1.54) is 23.5 Å². The van der Waals surface area contributed by atoms with Crippen LogP contribution in [0.15, 0.2) is 54.7 Å². The molecule has 0 radical (unpaired) electrons. The Morgan fingerprint density at radius 1 is 1.00 bits per heavy atom. The maximum absolute atomic E-state index is 13.0. The zero-order chi connectivity index (χ0) is 16.4. The summed E-state index contributed by atoms with van der Waals surface area (Å²) in [5.74, 6) is 0. The predicted octanol–water partition coefficient (Wildman–Crippen LogP) is 6.23. The van der Waals surface area contributed by atoms with Crippen LogP contribution in [0.1, 0.15) is 5.56 Å². The van der Waals surface area contributed by atoms with Crippen LogP contribution in [0.5, 0.6) is 0 Å². The van der Waals surface area contributed by atoms with Gasteiger partial charge in [-0.05, 0) is 29.8 Å². The average molecular weight is 355 g/mol. The van der Waals surface area contributed by atoms with E-state index in [0.717, 1.165) is 16.5 Å². The van der Waals surface area contributed by atoms with Crippen molar-refractivity contribution < 1.29 is 13.2 Å². The number of aromatic nitrogens is 1. The largest absolute Gasteiger partial charge is 0.418 e. The lowest BCUT2D eigenvalue weighted by Gasteiger charge is -2.12. The molecule has 1 aromatic heterocycles. The van der Waals surface area contributed by atoms with E-state index in [9.17, 15) is 13.2 Å². The summed E-state index contributed by atoms with van der Waals surface area (Å²) in [5.41, 5.74) is 0.171. The molecule has 0 saturated heterocycles. The monoisotopic (exact) mass is 354 g/mol. The van der Waals surface area contributed by atoms with Crippen molar-refractivity contribution in [1.82, 2.24) is 4.98 Å². The number of anilines is 2. The van der Waals surface area contributed by atoms with Gasteiger partial charge in [0, 0.05) is 11.2 Å². The standard InChI is InChI=1S/C16H10ClF3N2S/c17-11-7-5-10(6-8-11)14-9-21-15(23-14)22-13-4-2-1-3-12(13)16(18,19)20/h1-9H,(H,21,22). The quantitative estimate of drug-likeness (QED) is 0.603. The molecule has 0 spiro atoms. The lowest BCUT2D eigenvalue weighted by molar-refractivity contribution is -0.136. The maximum atomic E-state index is 13.0. The van der Waals surface area contributed by atoms with Crippen molar-refractivity contribution in [1.29, 1.82) is 0 Å². The third kappa shape index (κ3) is 3.65. The van der Waals surface area contributed by atoms with Gasteiger partial charge in [-0.1, -0.05) is 47.2 Å². The second kappa shape index (κ2) is 6.22. The summed E-state index contributed by atoms with van der Waals surface area (Å²) >= 11 is 7.11. The Morgan fingerprint density at radius 3 is 2.39 bits per heavy atom. The molecule has 0 bridgehead atoms. The first-order valence-electron chi connectivity index (χ1n) is 6.58. The summed E-state index contributed by atoms with van der Waals surface area (Å²) < 4.78 is 39.0. The molecule has 0 unspecified atom stereocenters. The molecule has 3 aromatic rings. The van der Waals surface area contributed by atoms with Gasteiger partial charge in [-0.15, -0.1) is 0 Å². The third-order valence-corrected chi connectivity index (χ3v) is 4.32. The van der Waals surface area contributed by atoms with Crippen LogP contribution in [0.3, 0.4) is 0 Å². The summed E-state index contributed by atoms with van der Waals surface area (Å²) in [6.45, 7) is 0. The van der Waals surface area contributed by atoms with Crippen molar-refractivity contribution >= 4 is 33.8 Å². The Kier molecular flexibility index (Phi) is 4.28. The number of alkyl halides is 3. The Bertz CT molecular complexity index is 813. The van der Waals surface area contributed by atoms with Crippen LogP contribution < -0.4 is 5.32 Å². The summed E-state index contributed by atoms with van der Waals surface area (Å²) in [5, 5.41) is 3.76. The first-order chi connectivity index (χ1) is 10.9. The fraction of sp³-hybridized carbons (Fsp3) is 0.0625. The molecule has 2 nitrogen and oxygen atoms in total. The molecule has 0 fully saturated rings. The zero-order valence-electron chi connectivity index (χ0n) is 11.6. The Hall–Kier alpha value is -2.05. The minimum Gasteiger partial charge on any atom is -0.331 e. The van der Waals surface area contributed by atoms with Gasteiger partial charge in [0.15, 0.2) is 5.13 Å². The molecule has 0 aliphatic rings. The predicted molar refractivity (Wildman–Crippen MR) is 87.3 cm³/mol. The second-order valence-corrected chi connectivity index (χ2v) is 6.17. The topological polar surface area (TPSA) is 24.9 Å². The molecule has 2 aromatic carbocycles. The normalized spacial score (nSPS) is 11.5. The van der Waals surface area contributed by atoms with Gasteiger partial charge in [0.2, 0.25) is 0 Å². The number of thiazole rings is 1. The van der Waals surface area contributed by atoms with Crippen LogP contribution >= 0.6 is 22.9 Å². The molecule has 7 heteroatoms. The van der Waals surface area contributed by atoms with E-state index in [-0.39, 0.29) is 5.69 Å². The van der Waals surface area contributed by atoms with Crippen LogP contribution in [0.2, 0.25) is 5.02 Å². The molecule has 23 heavy (non-hydrogen) atoms. The minimum absolute atomic E-state index is 0.0167. The highest BCUT2D eigenvalue weighted by atomic mass is 35.5. The minimum atomic E-state index is -4.42. The van der Waals surface area contributed by atoms with Crippen LogP contribution in [0.4, 0.5) is 24.0 Å². The van der Waals surface area contributed by atoms with Gasteiger partial charge in [0.25, 0.3) is 0 Å². The van der Waals surface area contributed by atoms with Gasteiger partial charge < -0.3 is 5.32 Å². The third-order valence-electron chi connectivity index (χ3n) is 3.11. The first-order valence-corrected chi connectivity index (χ1v) is 7.78. The van der Waals surface area contributed by atoms with Gasteiger partial charge in [-0.25, -0.2) is 4.98 Å². The fourth-order valence-electron chi connectivity index (χ4n) is 2.03. The van der Waals surface area contributed by atoms with Gasteiger partial charge in [0.05, 0.1) is 16.1 Å². The van der Waals surface area contributed by atoms with Gasteiger partial charge in [-0.3, -0.25) is 0 Å². The molecule has 0 atom stereocenters. The second-order valence-electron chi connectivity index (χ2n) is 4.70. The molecule has 0 aliphatic carbocycles. The number of nitrogens with one attached hydrogen (secondary N) is 1. The van der Waals surface area contributed by atoms with Crippen molar-refractivity contribution in [2.75, 3.05) is 5.32 Å². The molecule has 1 N–H and O–H groups in total. The van der Waals surface area contributed by atoms with E-state index >= 15 is 0 Å². The zero-order valence-corrected chi connectivity index (χ0v) is 13.1. The van der Waals surface area contributed by atoms with E-state index in [0.29, 0.717) is 10.2 Å². The highest BCUT2D eigenvalue weighted by Crippen LogP contribution is 2.37. The molecular weight excluding hydrogens is 345 g/mol. The average Bonchev–Trinajstić information content (AvgIpc) is 2.96. The summed E-state index contributed by atoms with van der Waals surface area (Å²) in [6, 6.07) is 12.5. The molecule has 0 aliphatic heterocycles. The Morgan fingerprint density at radius 2 is 1.70 bits per heavy atom. The molecule has 0 saturated carbocycles. The van der Waals surface area contributed by atoms with E-state index < -0.39 is 11.7 Å². The molecule has 118 valence electrons. The first kappa shape index (κ1) is 15.8. The SMILES string of the molecule is FC(F)(F)c1ccccc1Nc1ncc(-c2ccc(Cl)cc2)s1. The molecule has 1 heterocycles. The fourth-order valence-corrected chi connectivity index (χ4v) is 2.99. The van der Waals surface area contributed by atoms with Crippen LogP contribution in [-0.2, 0) is 6.18 Å². The maximum Gasteiger partial charge on any atom is 0.418 e. The van der Waals surface area contributed by atoms with E-state index in [1.54, 1.807) is 24.4 Å². The number of rotatable bonds is 3. The smallest absolute Gasteiger partial charge is 0.331 e. The lowest BCUT2D eigenvalue weighted by Crippen LogP contribution is -2.08. The summed E-state index contributed by atoms with van der Waals surface area (Å²) in [6.07, 6.45) is -2.80. The van der Waals surface area contributed by atoms with E-state index in [2.05, 4.69) is 10.3 Å². The van der Waals surface area contributed by atoms with Crippen molar-refractivity contribution in [2.24, 2.45) is 0 Å². The van der Waals surface area contributed by atoms with Crippen molar-refractivity contribution in [2.45, 2.75) is 6.18 Å². The summed E-state index contributed by atoms with van der Waals surface area (Å²) in [7, 11) is 0. The Labute approximate surface area is 139 Å². The molecule has 3 rings (SSSR count). The molecule has 0 amide bonds. The van der Waals surface area contributed by atoms with E-state index in [1.807, 2.05) is 12.1 Å². The van der Waals surface area contributed by atoms with Crippen molar-refractivity contribution in [3.8, 4) is 10.4 Å². The number of halogens is 4.